The summed E-state index contributed by atoms with van der Waals surface area (Å²) >= 11 is 1.75. The molecule has 0 aliphatic rings. The lowest BCUT2D eigenvalue weighted by molar-refractivity contribution is 1.28. The summed E-state index contributed by atoms with van der Waals surface area (Å²) in [5, 5.41) is 2.09. The summed E-state index contributed by atoms with van der Waals surface area (Å²) in [6.07, 6.45) is 0.945. The molecule has 2 aromatic rings. The van der Waals surface area contributed by atoms with E-state index in [1.54, 1.807) is 11.3 Å². The van der Waals surface area contributed by atoms with Gasteiger partial charge in [0.1, 0.15) is 0 Å². The molecule has 0 nitrogen and oxygen atoms in total. The van der Waals surface area contributed by atoms with Gasteiger partial charge in [0, 0.05) is 4.88 Å². The van der Waals surface area contributed by atoms with Crippen LogP contribution in [0.2, 0.25) is 0 Å². The van der Waals surface area contributed by atoms with Gasteiger partial charge in [0.15, 0.2) is 0 Å². The Morgan fingerprint density at radius 1 is 1.20 bits per heavy atom. The molecule has 1 heterocycles. The Balaban J connectivity index is 2.09. The molecule has 0 fully saturated rings. The first-order valence-corrected chi connectivity index (χ1v) is 5.91. The van der Waals surface area contributed by atoms with Crippen LogP contribution in [0.5, 0.6) is 0 Å². The number of hydrogen-bond acceptors (Lipinski definition) is 1. The van der Waals surface area contributed by atoms with Crippen molar-refractivity contribution in [2.45, 2.75) is 13.3 Å². The number of benzene rings is 1. The first-order chi connectivity index (χ1) is 7.25. The standard InChI is InChI=1S/C14H14S/c1-11-5-7-13(8-6-11)10-12(2)14-4-3-9-15-14/h3-9H,2,10H2,1H3. The summed E-state index contributed by atoms with van der Waals surface area (Å²) in [5.41, 5.74) is 3.84. The molecule has 0 unspecified atom stereocenters. The lowest BCUT2D eigenvalue weighted by Gasteiger charge is -2.03. The van der Waals surface area contributed by atoms with Crippen LogP contribution in [0.4, 0.5) is 0 Å². The second kappa shape index (κ2) is 4.45. The minimum Gasteiger partial charge on any atom is -0.144 e. The fourth-order valence-electron chi connectivity index (χ4n) is 1.52. The summed E-state index contributed by atoms with van der Waals surface area (Å²) in [4.78, 5) is 1.29. The van der Waals surface area contributed by atoms with Gasteiger partial charge in [-0.15, -0.1) is 11.3 Å². The third kappa shape index (κ3) is 2.57. The van der Waals surface area contributed by atoms with E-state index in [1.807, 2.05) is 0 Å². The van der Waals surface area contributed by atoms with Crippen LogP contribution in [0, 0.1) is 6.92 Å². The van der Waals surface area contributed by atoms with E-state index < -0.39 is 0 Å². The van der Waals surface area contributed by atoms with Crippen LogP contribution < -0.4 is 0 Å². The molecule has 0 saturated carbocycles. The van der Waals surface area contributed by atoms with Crippen molar-refractivity contribution in [1.29, 1.82) is 0 Å². The minimum absolute atomic E-state index is 0.945. The molecule has 0 saturated heterocycles. The zero-order valence-corrected chi connectivity index (χ0v) is 9.68. The topological polar surface area (TPSA) is 0 Å². The summed E-state index contributed by atoms with van der Waals surface area (Å²) in [6, 6.07) is 12.8. The largest absolute Gasteiger partial charge is 0.144 e. The molecular formula is C14H14S. The highest BCUT2D eigenvalue weighted by Gasteiger charge is 2.01. The molecule has 1 aromatic carbocycles. The summed E-state index contributed by atoms with van der Waals surface area (Å²) in [6.45, 7) is 6.23. The molecule has 76 valence electrons. The second-order valence-corrected chi connectivity index (χ2v) is 4.69. The van der Waals surface area contributed by atoms with Crippen molar-refractivity contribution < 1.29 is 0 Å². The number of rotatable bonds is 3. The molecule has 0 spiro atoms. The fraction of sp³-hybridized carbons (Fsp3) is 0.143. The van der Waals surface area contributed by atoms with Crippen LogP contribution in [0.3, 0.4) is 0 Å². The van der Waals surface area contributed by atoms with Crippen molar-refractivity contribution in [2.24, 2.45) is 0 Å². The van der Waals surface area contributed by atoms with Crippen LogP contribution in [0.1, 0.15) is 16.0 Å². The van der Waals surface area contributed by atoms with E-state index in [2.05, 4.69) is 55.3 Å². The van der Waals surface area contributed by atoms with E-state index in [0.717, 1.165) is 6.42 Å². The van der Waals surface area contributed by atoms with E-state index in [1.165, 1.54) is 21.6 Å². The Morgan fingerprint density at radius 3 is 2.53 bits per heavy atom. The average Bonchev–Trinajstić information content (AvgIpc) is 2.74. The van der Waals surface area contributed by atoms with Gasteiger partial charge in [-0.3, -0.25) is 0 Å². The highest BCUT2D eigenvalue weighted by Crippen LogP contribution is 2.22. The highest BCUT2D eigenvalue weighted by atomic mass is 32.1. The molecule has 0 atom stereocenters. The molecule has 0 amide bonds. The Bertz CT molecular complexity index is 435. The Hall–Kier alpha value is -1.34. The maximum absolute atomic E-state index is 4.13. The van der Waals surface area contributed by atoms with E-state index in [0.29, 0.717) is 0 Å². The van der Waals surface area contributed by atoms with Crippen molar-refractivity contribution >= 4 is 16.9 Å². The van der Waals surface area contributed by atoms with Crippen molar-refractivity contribution in [3.8, 4) is 0 Å². The second-order valence-electron chi connectivity index (χ2n) is 3.74. The maximum Gasteiger partial charge on any atom is 0.0299 e. The van der Waals surface area contributed by atoms with Gasteiger partial charge < -0.3 is 0 Å². The monoisotopic (exact) mass is 214 g/mol. The van der Waals surface area contributed by atoms with Crippen molar-refractivity contribution in [3.63, 3.8) is 0 Å². The van der Waals surface area contributed by atoms with Crippen molar-refractivity contribution in [3.05, 3.63) is 64.4 Å². The third-order valence-corrected chi connectivity index (χ3v) is 3.38. The maximum atomic E-state index is 4.13. The van der Waals surface area contributed by atoms with Gasteiger partial charge in [0.25, 0.3) is 0 Å². The summed E-state index contributed by atoms with van der Waals surface area (Å²) in [7, 11) is 0. The number of thiophene rings is 1. The predicted octanol–water partition coefficient (Wildman–Crippen LogP) is 4.31. The lowest BCUT2D eigenvalue weighted by atomic mass is 10.0. The fourth-order valence-corrected chi connectivity index (χ4v) is 2.22. The average molecular weight is 214 g/mol. The van der Waals surface area contributed by atoms with Gasteiger partial charge >= 0.3 is 0 Å². The predicted molar refractivity (Wildman–Crippen MR) is 68.2 cm³/mol. The number of hydrogen-bond donors (Lipinski definition) is 0. The van der Waals surface area contributed by atoms with Crippen LogP contribution >= 0.6 is 11.3 Å². The normalized spacial score (nSPS) is 10.2. The van der Waals surface area contributed by atoms with Crippen LogP contribution in [-0.4, -0.2) is 0 Å². The summed E-state index contributed by atoms with van der Waals surface area (Å²) < 4.78 is 0. The first-order valence-electron chi connectivity index (χ1n) is 5.03. The highest BCUT2D eigenvalue weighted by molar-refractivity contribution is 7.11. The lowest BCUT2D eigenvalue weighted by Crippen LogP contribution is -1.87. The van der Waals surface area contributed by atoms with Gasteiger partial charge in [-0.05, 0) is 35.9 Å². The zero-order chi connectivity index (χ0) is 10.7. The molecule has 0 bridgehead atoms. The molecule has 1 heteroatoms. The van der Waals surface area contributed by atoms with E-state index >= 15 is 0 Å². The van der Waals surface area contributed by atoms with Crippen molar-refractivity contribution in [1.82, 2.24) is 0 Å². The Morgan fingerprint density at radius 2 is 1.93 bits per heavy atom. The summed E-state index contributed by atoms with van der Waals surface area (Å²) in [5.74, 6) is 0. The van der Waals surface area contributed by atoms with Crippen LogP contribution in [-0.2, 0) is 6.42 Å². The Labute approximate surface area is 94.9 Å². The Kier molecular flexibility index (Phi) is 3.02. The molecule has 15 heavy (non-hydrogen) atoms. The molecular weight excluding hydrogens is 200 g/mol. The van der Waals surface area contributed by atoms with Crippen LogP contribution in [0.15, 0.2) is 48.4 Å². The molecule has 1 aromatic heterocycles. The van der Waals surface area contributed by atoms with Gasteiger partial charge in [-0.25, -0.2) is 0 Å². The molecule has 0 aliphatic heterocycles. The first kappa shape index (κ1) is 10.2. The van der Waals surface area contributed by atoms with Crippen LogP contribution in [0.25, 0.3) is 5.57 Å². The molecule has 0 aliphatic carbocycles. The number of aryl methyl sites for hydroxylation is 1. The number of allylic oxidation sites excluding steroid dienone is 1. The minimum atomic E-state index is 0.945. The van der Waals surface area contributed by atoms with Crippen molar-refractivity contribution in [2.75, 3.05) is 0 Å². The van der Waals surface area contributed by atoms with Gasteiger partial charge in [-0.1, -0.05) is 42.5 Å². The quantitative estimate of drug-likeness (QED) is 0.714. The van der Waals surface area contributed by atoms with Gasteiger partial charge in [0.05, 0.1) is 0 Å². The molecule has 0 radical (unpaired) electrons. The molecule has 0 N–H and O–H groups in total. The van der Waals surface area contributed by atoms with Gasteiger partial charge in [-0.2, -0.15) is 0 Å². The zero-order valence-electron chi connectivity index (χ0n) is 8.86. The van der Waals surface area contributed by atoms with E-state index in [-0.39, 0.29) is 0 Å². The SMILES string of the molecule is C=C(Cc1ccc(C)cc1)c1cccs1. The molecule has 2 rings (SSSR count). The van der Waals surface area contributed by atoms with E-state index in [4.69, 9.17) is 0 Å². The third-order valence-electron chi connectivity index (χ3n) is 2.41. The van der Waals surface area contributed by atoms with Gasteiger partial charge in [0.2, 0.25) is 0 Å². The van der Waals surface area contributed by atoms with E-state index in [9.17, 15) is 0 Å². The smallest absolute Gasteiger partial charge is 0.0299 e.